The van der Waals surface area contributed by atoms with Crippen molar-refractivity contribution in [3.05, 3.63) is 35.6 Å². The monoisotopic (exact) mass is 151 g/mol. The van der Waals surface area contributed by atoms with Gasteiger partial charge in [-0.15, -0.1) is 0 Å². The van der Waals surface area contributed by atoms with Gasteiger partial charge < -0.3 is 5.73 Å². The predicted octanol–water partition coefficient (Wildman–Crippen LogP) is 2.76. The van der Waals surface area contributed by atoms with Gasteiger partial charge in [-0.05, 0) is 43.7 Å². The Bertz CT molecular complexity index is 185. The molecule has 0 aliphatic carbocycles. The van der Waals surface area contributed by atoms with E-state index >= 15 is 0 Å². The third-order valence-corrected chi connectivity index (χ3v) is 1.59. The second-order valence-electron chi connectivity index (χ2n) is 2.40. The van der Waals surface area contributed by atoms with Gasteiger partial charge in [0.2, 0.25) is 0 Å². The molecule has 0 saturated heterocycles. The predicted molar refractivity (Wildman–Crippen MR) is 51.1 cm³/mol. The first-order valence-corrected chi connectivity index (χ1v) is 3.98. The Kier molecular flexibility index (Phi) is 5.26. The van der Waals surface area contributed by atoms with E-state index in [1.54, 1.807) is 6.20 Å². The van der Waals surface area contributed by atoms with Gasteiger partial charge in [-0.3, -0.25) is 0 Å². The molecule has 0 heterocycles. The molecule has 0 radical (unpaired) electrons. The summed E-state index contributed by atoms with van der Waals surface area (Å²) in [7, 11) is 0. The molecule has 0 aromatic carbocycles. The van der Waals surface area contributed by atoms with Crippen molar-refractivity contribution in [1.29, 1.82) is 0 Å². The minimum absolute atomic E-state index is 1.05. The maximum Gasteiger partial charge on any atom is -0.00564 e. The lowest BCUT2D eigenvalue weighted by atomic mass is 10.1. The molecular formula is C10H17N. The van der Waals surface area contributed by atoms with Crippen LogP contribution < -0.4 is 5.73 Å². The zero-order chi connectivity index (χ0) is 8.69. The van der Waals surface area contributed by atoms with Crippen LogP contribution in [-0.2, 0) is 0 Å². The fourth-order valence-corrected chi connectivity index (χ4v) is 0.851. The van der Waals surface area contributed by atoms with Gasteiger partial charge in [0.05, 0.1) is 0 Å². The van der Waals surface area contributed by atoms with E-state index in [0.717, 1.165) is 6.42 Å². The molecule has 1 nitrogen and oxygen atoms in total. The molecule has 62 valence electrons. The number of hydrogen-bond acceptors (Lipinski definition) is 1. The normalized spacial score (nSPS) is 14.5. The zero-order valence-electron chi connectivity index (χ0n) is 7.59. The van der Waals surface area contributed by atoms with Gasteiger partial charge in [-0.1, -0.05) is 19.1 Å². The second kappa shape index (κ2) is 5.78. The van der Waals surface area contributed by atoms with E-state index in [1.165, 1.54) is 11.1 Å². The van der Waals surface area contributed by atoms with Gasteiger partial charge in [0.15, 0.2) is 0 Å². The smallest absolute Gasteiger partial charge is 0.00564 e. The summed E-state index contributed by atoms with van der Waals surface area (Å²) in [6.45, 7) is 6.23. The molecule has 0 rings (SSSR count). The van der Waals surface area contributed by atoms with Crippen molar-refractivity contribution in [3.8, 4) is 0 Å². The lowest BCUT2D eigenvalue weighted by Crippen LogP contribution is -1.84. The summed E-state index contributed by atoms with van der Waals surface area (Å²) in [5.74, 6) is 0. The van der Waals surface area contributed by atoms with Gasteiger partial charge in [-0.2, -0.15) is 0 Å². The molecular weight excluding hydrogens is 134 g/mol. The molecule has 0 aliphatic heterocycles. The molecule has 0 aromatic heterocycles. The number of nitrogens with two attached hydrogens (primary N) is 1. The minimum atomic E-state index is 1.05. The summed E-state index contributed by atoms with van der Waals surface area (Å²) in [5.41, 5.74) is 7.80. The van der Waals surface area contributed by atoms with Crippen LogP contribution in [0.3, 0.4) is 0 Å². The number of hydrogen-bond donors (Lipinski definition) is 1. The zero-order valence-corrected chi connectivity index (χ0v) is 7.59. The molecule has 0 spiro atoms. The van der Waals surface area contributed by atoms with Crippen molar-refractivity contribution in [2.45, 2.75) is 27.2 Å². The molecule has 0 fully saturated rings. The highest BCUT2D eigenvalue weighted by molar-refractivity contribution is 5.37. The molecule has 0 atom stereocenters. The lowest BCUT2D eigenvalue weighted by Gasteiger charge is -1.99. The van der Waals surface area contributed by atoms with Crippen LogP contribution >= 0.6 is 0 Å². The van der Waals surface area contributed by atoms with E-state index in [-0.39, 0.29) is 0 Å². The van der Waals surface area contributed by atoms with Crippen LogP contribution in [0.25, 0.3) is 0 Å². The van der Waals surface area contributed by atoms with Crippen LogP contribution in [0.5, 0.6) is 0 Å². The lowest BCUT2D eigenvalue weighted by molar-refractivity contribution is 1.19. The van der Waals surface area contributed by atoms with Crippen LogP contribution in [0, 0.1) is 0 Å². The molecule has 0 unspecified atom stereocenters. The van der Waals surface area contributed by atoms with Crippen molar-refractivity contribution >= 4 is 0 Å². The van der Waals surface area contributed by atoms with Gasteiger partial charge in [-0.25, -0.2) is 0 Å². The molecule has 0 bridgehead atoms. The fraction of sp³-hybridized carbons (Fsp3) is 0.400. The van der Waals surface area contributed by atoms with Crippen LogP contribution in [0.1, 0.15) is 27.2 Å². The van der Waals surface area contributed by atoms with Crippen LogP contribution in [-0.4, -0.2) is 0 Å². The first-order valence-electron chi connectivity index (χ1n) is 3.98. The number of allylic oxidation sites excluding steroid dienone is 5. The fourth-order valence-electron chi connectivity index (χ4n) is 0.851. The highest BCUT2D eigenvalue weighted by Crippen LogP contribution is 2.10. The summed E-state index contributed by atoms with van der Waals surface area (Å²) in [4.78, 5) is 0. The Morgan fingerprint density at radius 3 is 2.45 bits per heavy atom. The molecule has 0 aliphatic rings. The van der Waals surface area contributed by atoms with E-state index in [2.05, 4.69) is 26.0 Å². The summed E-state index contributed by atoms with van der Waals surface area (Å²) < 4.78 is 0. The van der Waals surface area contributed by atoms with E-state index in [0.29, 0.717) is 0 Å². The third-order valence-electron chi connectivity index (χ3n) is 1.59. The minimum Gasteiger partial charge on any atom is -0.405 e. The SMILES string of the molecule is C/C=C(C)/C(/C=C\N)=C/CC. The maximum atomic E-state index is 5.30. The van der Waals surface area contributed by atoms with E-state index < -0.39 is 0 Å². The highest BCUT2D eigenvalue weighted by atomic mass is 14.5. The Hall–Kier alpha value is -0.980. The van der Waals surface area contributed by atoms with E-state index in [9.17, 15) is 0 Å². The Balaban J connectivity index is 4.47. The van der Waals surface area contributed by atoms with E-state index in [1.807, 2.05) is 13.0 Å². The third kappa shape index (κ3) is 3.66. The molecule has 0 amide bonds. The van der Waals surface area contributed by atoms with Crippen molar-refractivity contribution in [1.82, 2.24) is 0 Å². The van der Waals surface area contributed by atoms with Gasteiger partial charge in [0, 0.05) is 0 Å². The van der Waals surface area contributed by atoms with Crippen molar-refractivity contribution in [3.63, 3.8) is 0 Å². The van der Waals surface area contributed by atoms with Crippen LogP contribution in [0.15, 0.2) is 35.6 Å². The Morgan fingerprint density at radius 2 is 2.09 bits per heavy atom. The quantitative estimate of drug-likeness (QED) is 0.617. The molecule has 0 aromatic rings. The Labute approximate surface area is 69.3 Å². The maximum absolute atomic E-state index is 5.30. The van der Waals surface area contributed by atoms with Crippen molar-refractivity contribution in [2.75, 3.05) is 0 Å². The molecule has 1 heteroatoms. The van der Waals surface area contributed by atoms with Gasteiger partial charge in [0.25, 0.3) is 0 Å². The number of rotatable bonds is 3. The second-order valence-corrected chi connectivity index (χ2v) is 2.40. The summed E-state index contributed by atoms with van der Waals surface area (Å²) in [6.07, 6.45) is 8.80. The van der Waals surface area contributed by atoms with Gasteiger partial charge in [0.1, 0.15) is 0 Å². The Morgan fingerprint density at radius 1 is 1.45 bits per heavy atom. The molecule has 0 saturated carbocycles. The first-order chi connectivity index (χ1) is 5.26. The molecule has 11 heavy (non-hydrogen) atoms. The first kappa shape index (κ1) is 10.0. The standard InChI is InChI=1S/C10H17N/c1-4-6-10(7-8-11)9(3)5-2/h5-8H,4,11H2,1-3H3/b8-7-,9-5+,10-6+. The van der Waals surface area contributed by atoms with Crippen molar-refractivity contribution in [2.24, 2.45) is 5.73 Å². The van der Waals surface area contributed by atoms with Crippen LogP contribution in [0.2, 0.25) is 0 Å². The highest BCUT2D eigenvalue weighted by Gasteiger charge is 1.91. The molecule has 2 N–H and O–H groups in total. The van der Waals surface area contributed by atoms with Crippen molar-refractivity contribution < 1.29 is 0 Å². The largest absolute Gasteiger partial charge is 0.405 e. The summed E-state index contributed by atoms with van der Waals surface area (Å²) in [6, 6.07) is 0. The summed E-state index contributed by atoms with van der Waals surface area (Å²) in [5, 5.41) is 0. The average molecular weight is 151 g/mol. The summed E-state index contributed by atoms with van der Waals surface area (Å²) >= 11 is 0. The van der Waals surface area contributed by atoms with E-state index in [4.69, 9.17) is 5.73 Å². The van der Waals surface area contributed by atoms with Gasteiger partial charge >= 0.3 is 0 Å². The topological polar surface area (TPSA) is 26.0 Å². The van der Waals surface area contributed by atoms with Crippen LogP contribution in [0.4, 0.5) is 0 Å². The average Bonchev–Trinajstić information content (AvgIpc) is 2.03.